The van der Waals surface area contributed by atoms with E-state index < -0.39 is 17.6 Å². The molecule has 1 aliphatic rings. The van der Waals surface area contributed by atoms with Crippen LogP contribution in [0.2, 0.25) is 0 Å². The lowest BCUT2D eigenvalue weighted by molar-refractivity contribution is -0.136. The highest BCUT2D eigenvalue weighted by molar-refractivity contribution is 6.06. The molecule has 3 nitrogen and oxygen atoms in total. The van der Waals surface area contributed by atoms with E-state index in [2.05, 4.69) is 5.32 Å². The van der Waals surface area contributed by atoms with Crippen LogP contribution in [0.15, 0.2) is 66.7 Å². The molecule has 1 aliphatic carbocycles. The number of alkyl halides is 3. The third kappa shape index (κ3) is 5.61. The first-order chi connectivity index (χ1) is 16.2. The van der Waals surface area contributed by atoms with Gasteiger partial charge in [0.15, 0.2) is 0 Å². The van der Waals surface area contributed by atoms with Crippen molar-refractivity contribution < 1.29 is 22.7 Å². The molecular weight excluding hydrogens is 439 g/mol. The van der Waals surface area contributed by atoms with Gasteiger partial charge in [0.05, 0.1) is 17.9 Å². The molecule has 0 unspecified atom stereocenters. The van der Waals surface area contributed by atoms with Crippen LogP contribution in [0.4, 0.5) is 18.9 Å². The fraction of sp³-hybridized carbons (Fsp3) is 0.321. The third-order valence-corrected chi connectivity index (χ3v) is 6.03. The van der Waals surface area contributed by atoms with Gasteiger partial charge < -0.3 is 10.1 Å². The number of hydrogen-bond donors (Lipinski definition) is 1. The largest absolute Gasteiger partial charge is 0.493 e. The summed E-state index contributed by atoms with van der Waals surface area (Å²) in [7, 11) is 0. The van der Waals surface area contributed by atoms with Crippen LogP contribution in [0.1, 0.15) is 71.1 Å². The molecule has 34 heavy (non-hydrogen) atoms. The first-order valence-electron chi connectivity index (χ1n) is 11.6. The van der Waals surface area contributed by atoms with Crippen molar-refractivity contribution in [3.8, 4) is 5.75 Å². The number of carbonyl (C=O) groups is 1. The second-order valence-corrected chi connectivity index (χ2v) is 8.99. The fourth-order valence-corrected chi connectivity index (χ4v) is 4.16. The summed E-state index contributed by atoms with van der Waals surface area (Å²) in [4.78, 5) is 13.2. The molecule has 0 bridgehead atoms. The highest BCUT2D eigenvalue weighted by Crippen LogP contribution is 2.43. The van der Waals surface area contributed by atoms with E-state index in [1.165, 1.54) is 12.1 Å². The highest BCUT2D eigenvalue weighted by atomic mass is 19.4. The van der Waals surface area contributed by atoms with Crippen molar-refractivity contribution in [3.05, 3.63) is 94.5 Å². The molecule has 0 radical (unpaired) electrons. The fourth-order valence-electron chi connectivity index (χ4n) is 4.16. The molecule has 0 atom stereocenters. The zero-order chi connectivity index (χ0) is 24.3. The van der Waals surface area contributed by atoms with Crippen molar-refractivity contribution in [1.82, 2.24) is 0 Å². The van der Waals surface area contributed by atoms with Crippen LogP contribution in [0.25, 0.3) is 0 Å². The average molecular weight is 468 g/mol. The van der Waals surface area contributed by atoms with E-state index >= 15 is 0 Å². The Morgan fingerprint density at radius 2 is 1.76 bits per heavy atom. The van der Waals surface area contributed by atoms with Crippen molar-refractivity contribution in [2.45, 2.75) is 51.1 Å². The van der Waals surface area contributed by atoms with Crippen molar-refractivity contribution >= 4 is 11.6 Å². The van der Waals surface area contributed by atoms with Gasteiger partial charge in [0.2, 0.25) is 0 Å². The van der Waals surface area contributed by atoms with E-state index in [1.807, 2.05) is 44.2 Å². The average Bonchev–Trinajstić information content (AvgIpc) is 3.64. The number of ether oxygens (including phenoxy) is 1. The van der Waals surface area contributed by atoms with E-state index in [1.54, 1.807) is 18.2 Å². The van der Waals surface area contributed by atoms with Gasteiger partial charge in [-0.25, -0.2) is 0 Å². The maximum atomic E-state index is 13.6. The Morgan fingerprint density at radius 1 is 1.03 bits per heavy atom. The Hall–Kier alpha value is -3.28. The third-order valence-electron chi connectivity index (χ3n) is 6.03. The lowest BCUT2D eigenvalue weighted by Crippen LogP contribution is -2.19. The molecule has 3 aromatic carbocycles. The molecule has 1 amide bonds. The Morgan fingerprint density at radius 3 is 2.41 bits per heavy atom. The van der Waals surface area contributed by atoms with Crippen molar-refractivity contribution in [2.75, 3.05) is 11.9 Å². The number of rotatable bonds is 8. The normalized spacial score (nSPS) is 13.7. The molecule has 1 N–H and O–H groups in total. The summed E-state index contributed by atoms with van der Waals surface area (Å²) in [6, 6.07) is 19.1. The summed E-state index contributed by atoms with van der Waals surface area (Å²) in [5, 5.41) is 2.55. The number of nitrogens with one attached hydrogen (secondary N) is 1. The summed E-state index contributed by atoms with van der Waals surface area (Å²) in [5.41, 5.74) is 1.92. The standard InChI is InChI=1S/C28H28F3NO2/c1-18(2)26-22(9-6-10-25(26)34-16-15-19-7-4-3-5-8-19)27(33)32-24-17-21(20-11-12-20)13-14-23(24)28(29,30)31/h3-10,13-14,17-18,20H,11-12,15-16H2,1-2H3,(H,32,33). The zero-order valence-corrected chi connectivity index (χ0v) is 19.3. The molecule has 0 saturated heterocycles. The van der Waals surface area contributed by atoms with Gasteiger partial charge in [0.25, 0.3) is 5.91 Å². The first-order valence-corrected chi connectivity index (χ1v) is 11.6. The Kier molecular flexibility index (Phi) is 6.96. The number of amides is 1. The first kappa shape index (κ1) is 23.9. The van der Waals surface area contributed by atoms with E-state index in [0.29, 0.717) is 29.9 Å². The molecular formula is C28H28F3NO2. The lowest BCUT2D eigenvalue weighted by atomic mass is 9.95. The predicted octanol–water partition coefficient (Wildman–Crippen LogP) is 7.58. The van der Waals surface area contributed by atoms with Crippen LogP contribution in [0, 0.1) is 0 Å². The Bertz CT molecular complexity index is 1150. The number of benzene rings is 3. The second kappa shape index (κ2) is 9.92. The zero-order valence-electron chi connectivity index (χ0n) is 19.3. The summed E-state index contributed by atoms with van der Waals surface area (Å²) >= 11 is 0. The lowest BCUT2D eigenvalue weighted by Gasteiger charge is -2.20. The van der Waals surface area contributed by atoms with Gasteiger partial charge in [0, 0.05) is 17.5 Å². The summed E-state index contributed by atoms with van der Waals surface area (Å²) in [6.45, 7) is 4.30. The van der Waals surface area contributed by atoms with Crippen molar-refractivity contribution in [1.29, 1.82) is 0 Å². The SMILES string of the molecule is CC(C)c1c(OCCc2ccccc2)cccc1C(=O)Nc1cc(C2CC2)ccc1C(F)(F)F. The van der Waals surface area contributed by atoms with Gasteiger partial charge in [-0.05, 0) is 60.1 Å². The Balaban J connectivity index is 1.58. The molecule has 3 aromatic rings. The van der Waals surface area contributed by atoms with E-state index in [4.69, 9.17) is 4.74 Å². The van der Waals surface area contributed by atoms with E-state index in [0.717, 1.165) is 30.0 Å². The van der Waals surface area contributed by atoms with Crippen LogP contribution in [0.5, 0.6) is 5.75 Å². The van der Waals surface area contributed by atoms with Crippen LogP contribution in [0.3, 0.4) is 0 Å². The smallest absolute Gasteiger partial charge is 0.418 e. The van der Waals surface area contributed by atoms with Gasteiger partial charge in [-0.15, -0.1) is 0 Å². The maximum Gasteiger partial charge on any atom is 0.418 e. The Labute approximate surface area is 198 Å². The topological polar surface area (TPSA) is 38.3 Å². The molecule has 0 heterocycles. The molecule has 1 saturated carbocycles. The van der Waals surface area contributed by atoms with Gasteiger partial charge in [-0.2, -0.15) is 13.2 Å². The summed E-state index contributed by atoms with van der Waals surface area (Å²) < 4.78 is 46.9. The van der Waals surface area contributed by atoms with Crippen LogP contribution in [-0.2, 0) is 12.6 Å². The minimum absolute atomic E-state index is 0.0615. The minimum Gasteiger partial charge on any atom is -0.493 e. The second-order valence-electron chi connectivity index (χ2n) is 8.99. The number of carbonyl (C=O) groups excluding carboxylic acids is 1. The quantitative estimate of drug-likeness (QED) is 0.371. The predicted molar refractivity (Wildman–Crippen MR) is 128 cm³/mol. The number of halogens is 3. The minimum atomic E-state index is -4.56. The van der Waals surface area contributed by atoms with Crippen LogP contribution in [-0.4, -0.2) is 12.5 Å². The van der Waals surface area contributed by atoms with Gasteiger partial charge in [-0.3, -0.25) is 4.79 Å². The van der Waals surface area contributed by atoms with E-state index in [9.17, 15) is 18.0 Å². The number of anilines is 1. The molecule has 0 spiro atoms. The van der Waals surface area contributed by atoms with Crippen molar-refractivity contribution in [2.24, 2.45) is 0 Å². The van der Waals surface area contributed by atoms with Gasteiger partial charge in [-0.1, -0.05) is 56.3 Å². The monoisotopic (exact) mass is 467 g/mol. The van der Waals surface area contributed by atoms with Crippen LogP contribution < -0.4 is 10.1 Å². The van der Waals surface area contributed by atoms with E-state index in [-0.39, 0.29) is 17.5 Å². The molecule has 1 fully saturated rings. The van der Waals surface area contributed by atoms with Gasteiger partial charge >= 0.3 is 6.18 Å². The summed E-state index contributed by atoms with van der Waals surface area (Å²) in [5.74, 6) is 0.205. The molecule has 4 rings (SSSR count). The molecule has 6 heteroatoms. The molecule has 0 aromatic heterocycles. The van der Waals surface area contributed by atoms with Crippen molar-refractivity contribution in [3.63, 3.8) is 0 Å². The maximum absolute atomic E-state index is 13.6. The summed E-state index contributed by atoms with van der Waals surface area (Å²) in [6.07, 6.45) is -1.94. The van der Waals surface area contributed by atoms with Crippen LogP contribution >= 0.6 is 0 Å². The van der Waals surface area contributed by atoms with Gasteiger partial charge in [0.1, 0.15) is 5.75 Å². The highest BCUT2D eigenvalue weighted by Gasteiger charge is 2.35. The molecule has 0 aliphatic heterocycles. The molecule has 178 valence electrons. The number of hydrogen-bond acceptors (Lipinski definition) is 2.